The molecule has 0 saturated carbocycles. The first-order chi connectivity index (χ1) is 15.3. The van der Waals surface area contributed by atoms with Gasteiger partial charge >= 0.3 is 0 Å². The molecule has 0 fully saturated rings. The molecule has 2 aromatic carbocycles. The molecule has 1 aliphatic heterocycles. The molecule has 0 aromatic heterocycles. The number of hydrogen-bond acceptors (Lipinski definition) is 3. The number of carbonyl (C=O) groups excluding carboxylic acids is 3. The molecule has 1 aliphatic rings. The molecule has 0 saturated heterocycles. The van der Waals surface area contributed by atoms with Gasteiger partial charge in [0.05, 0.1) is 6.42 Å². The molecule has 6 nitrogen and oxygen atoms in total. The molecule has 0 spiro atoms. The van der Waals surface area contributed by atoms with Gasteiger partial charge < -0.3 is 15.5 Å². The van der Waals surface area contributed by atoms with Crippen LogP contribution in [0.3, 0.4) is 0 Å². The first-order valence-electron chi connectivity index (χ1n) is 11.0. The fraction of sp³-hybridized carbons (Fsp3) is 0.400. The molecule has 3 amide bonds. The third-order valence-corrected chi connectivity index (χ3v) is 5.48. The van der Waals surface area contributed by atoms with Gasteiger partial charge in [-0.15, -0.1) is 0 Å². The van der Waals surface area contributed by atoms with Gasteiger partial charge in [-0.25, -0.2) is 4.39 Å². The number of hydrogen-bond donors (Lipinski definition) is 2. The Balaban J connectivity index is 1.53. The summed E-state index contributed by atoms with van der Waals surface area (Å²) in [5, 5.41) is 5.60. The van der Waals surface area contributed by atoms with Crippen molar-refractivity contribution in [2.24, 2.45) is 5.92 Å². The topological polar surface area (TPSA) is 78.5 Å². The molecule has 170 valence electrons. The Hall–Kier alpha value is -3.22. The van der Waals surface area contributed by atoms with E-state index < -0.39 is 6.04 Å². The van der Waals surface area contributed by atoms with Crippen molar-refractivity contribution in [2.75, 3.05) is 13.1 Å². The summed E-state index contributed by atoms with van der Waals surface area (Å²) in [6.07, 6.45) is 1.01. The van der Waals surface area contributed by atoms with Gasteiger partial charge in [-0.1, -0.05) is 50.2 Å². The molecule has 3 rings (SSSR count). The Morgan fingerprint density at radius 3 is 2.34 bits per heavy atom. The summed E-state index contributed by atoms with van der Waals surface area (Å²) in [5.41, 5.74) is 2.86. The van der Waals surface area contributed by atoms with Crippen molar-refractivity contribution in [1.29, 1.82) is 0 Å². The quantitative estimate of drug-likeness (QED) is 0.621. The first kappa shape index (κ1) is 23.4. The molecule has 1 unspecified atom stereocenters. The van der Waals surface area contributed by atoms with Crippen molar-refractivity contribution >= 4 is 17.7 Å². The van der Waals surface area contributed by atoms with Gasteiger partial charge in [0.25, 0.3) is 0 Å². The van der Waals surface area contributed by atoms with Crippen LogP contribution >= 0.6 is 0 Å². The van der Waals surface area contributed by atoms with Gasteiger partial charge in [0.15, 0.2) is 0 Å². The maximum Gasteiger partial charge on any atom is 0.243 e. The van der Waals surface area contributed by atoms with E-state index in [1.807, 2.05) is 38.1 Å². The van der Waals surface area contributed by atoms with E-state index in [-0.39, 0.29) is 49.0 Å². The average Bonchev–Trinajstić information content (AvgIpc) is 2.76. The van der Waals surface area contributed by atoms with Crippen LogP contribution < -0.4 is 10.6 Å². The second kappa shape index (κ2) is 10.9. The largest absolute Gasteiger partial charge is 0.354 e. The molecule has 2 aromatic rings. The molecule has 32 heavy (non-hydrogen) atoms. The van der Waals surface area contributed by atoms with Crippen LogP contribution in [0.4, 0.5) is 4.39 Å². The highest BCUT2D eigenvalue weighted by Crippen LogP contribution is 2.25. The van der Waals surface area contributed by atoms with Crippen molar-refractivity contribution < 1.29 is 18.8 Å². The highest BCUT2D eigenvalue weighted by atomic mass is 19.1. The molecule has 1 atom stereocenters. The van der Waals surface area contributed by atoms with Crippen LogP contribution in [0.1, 0.15) is 37.0 Å². The third kappa shape index (κ3) is 6.39. The van der Waals surface area contributed by atoms with E-state index in [2.05, 4.69) is 10.6 Å². The van der Waals surface area contributed by atoms with E-state index in [4.69, 9.17) is 0 Å². The highest BCUT2D eigenvalue weighted by molar-refractivity contribution is 5.88. The summed E-state index contributed by atoms with van der Waals surface area (Å²) >= 11 is 0. The van der Waals surface area contributed by atoms with Gasteiger partial charge in [-0.05, 0) is 34.7 Å². The first-order valence-corrected chi connectivity index (χ1v) is 11.0. The minimum absolute atomic E-state index is 0.0257. The van der Waals surface area contributed by atoms with E-state index in [1.54, 1.807) is 17.0 Å². The van der Waals surface area contributed by atoms with E-state index in [0.717, 1.165) is 11.1 Å². The lowest BCUT2D eigenvalue weighted by Crippen LogP contribution is -2.53. The molecule has 2 N–H and O–H groups in total. The molecular formula is C25H30FN3O3. The summed E-state index contributed by atoms with van der Waals surface area (Å²) in [6.45, 7) is 4.93. The number of benzene rings is 2. The van der Waals surface area contributed by atoms with Gasteiger partial charge in [0, 0.05) is 32.5 Å². The van der Waals surface area contributed by atoms with Gasteiger partial charge in [-0.3, -0.25) is 14.4 Å². The van der Waals surface area contributed by atoms with Crippen molar-refractivity contribution in [1.82, 2.24) is 15.5 Å². The number of halogens is 1. The maximum atomic E-state index is 13.0. The Labute approximate surface area is 188 Å². The minimum Gasteiger partial charge on any atom is -0.354 e. The van der Waals surface area contributed by atoms with Gasteiger partial charge in [0.1, 0.15) is 11.9 Å². The molecule has 0 bridgehead atoms. The fourth-order valence-electron chi connectivity index (χ4n) is 3.84. The molecule has 7 heteroatoms. The minimum atomic E-state index is -0.564. The van der Waals surface area contributed by atoms with E-state index in [9.17, 15) is 18.8 Å². The van der Waals surface area contributed by atoms with Crippen LogP contribution in [0.5, 0.6) is 0 Å². The predicted molar refractivity (Wildman–Crippen MR) is 120 cm³/mol. The van der Waals surface area contributed by atoms with Crippen LogP contribution in [-0.4, -0.2) is 41.8 Å². The maximum absolute atomic E-state index is 13.0. The van der Waals surface area contributed by atoms with Crippen molar-refractivity contribution in [3.8, 4) is 0 Å². The number of fused-ring (bicyclic) bond motifs is 1. The lowest BCUT2D eigenvalue weighted by Gasteiger charge is -2.36. The number of nitrogens with one attached hydrogen (secondary N) is 2. The van der Waals surface area contributed by atoms with Crippen LogP contribution in [0.15, 0.2) is 48.5 Å². The van der Waals surface area contributed by atoms with Gasteiger partial charge in [0.2, 0.25) is 17.7 Å². The second-order valence-corrected chi connectivity index (χ2v) is 8.55. The third-order valence-electron chi connectivity index (χ3n) is 5.48. The molecular weight excluding hydrogens is 409 g/mol. The molecule has 0 aliphatic carbocycles. The zero-order valence-electron chi connectivity index (χ0n) is 18.6. The van der Waals surface area contributed by atoms with Crippen LogP contribution in [-0.2, 0) is 33.8 Å². The zero-order chi connectivity index (χ0) is 23.1. The van der Waals surface area contributed by atoms with Crippen LogP contribution in [0.25, 0.3) is 0 Å². The standard InChI is InChI=1S/C25H30FN3O3/c1-17(2)13-24(31)29-16-20-6-4-3-5-19(20)15-22(29)25(32)28-12-11-27-23(30)14-18-7-9-21(26)10-8-18/h3-10,17,22H,11-16H2,1-2H3,(H,27,30)(H,28,32). The molecule has 0 radical (unpaired) electrons. The Kier molecular flexibility index (Phi) is 7.98. The lowest BCUT2D eigenvalue weighted by atomic mass is 9.92. The Morgan fingerprint density at radius 1 is 1.00 bits per heavy atom. The number of rotatable bonds is 8. The number of carbonyl (C=O) groups is 3. The Morgan fingerprint density at radius 2 is 1.66 bits per heavy atom. The van der Waals surface area contributed by atoms with Crippen molar-refractivity contribution in [2.45, 2.75) is 45.7 Å². The summed E-state index contributed by atoms with van der Waals surface area (Å²) in [6, 6.07) is 13.1. The van der Waals surface area contributed by atoms with Crippen molar-refractivity contribution in [3.05, 3.63) is 71.0 Å². The van der Waals surface area contributed by atoms with Crippen LogP contribution in [0, 0.1) is 11.7 Å². The van der Waals surface area contributed by atoms with Crippen molar-refractivity contribution in [3.63, 3.8) is 0 Å². The number of nitrogens with zero attached hydrogens (tertiary/aromatic N) is 1. The summed E-state index contributed by atoms with van der Waals surface area (Å²) in [4.78, 5) is 39.5. The van der Waals surface area contributed by atoms with Gasteiger partial charge in [-0.2, -0.15) is 0 Å². The summed E-state index contributed by atoms with van der Waals surface area (Å²) in [5.74, 6) is -0.583. The average molecular weight is 440 g/mol. The monoisotopic (exact) mass is 439 g/mol. The SMILES string of the molecule is CC(C)CC(=O)N1Cc2ccccc2CC1C(=O)NCCNC(=O)Cc1ccc(F)cc1. The zero-order valence-corrected chi connectivity index (χ0v) is 18.6. The van der Waals surface area contributed by atoms with Crippen LogP contribution in [0.2, 0.25) is 0 Å². The second-order valence-electron chi connectivity index (χ2n) is 8.55. The van der Waals surface area contributed by atoms with E-state index >= 15 is 0 Å². The normalized spacial score (nSPS) is 15.2. The fourth-order valence-corrected chi connectivity index (χ4v) is 3.84. The van der Waals surface area contributed by atoms with E-state index in [1.165, 1.54) is 12.1 Å². The Bertz CT molecular complexity index is 959. The predicted octanol–water partition coefficient (Wildman–Crippen LogP) is 2.60. The lowest BCUT2D eigenvalue weighted by molar-refractivity contribution is -0.142. The van der Waals surface area contributed by atoms with E-state index in [0.29, 0.717) is 24.9 Å². The highest BCUT2D eigenvalue weighted by Gasteiger charge is 2.34. The summed E-state index contributed by atoms with van der Waals surface area (Å²) < 4.78 is 13.0. The summed E-state index contributed by atoms with van der Waals surface area (Å²) in [7, 11) is 0. The molecule has 1 heterocycles. The smallest absolute Gasteiger partial charge is 0.243 e. The number of amides is 3.